The number of benzene rings is 11. The van der Waals surface area contributed by atoms with Crippen molar-refractivity contribution in [1.29, 1.82) is 0 Å². The Kier molecular flexibility index (Phi) is 10.6. The van der Waals surface area contributed by atoms with Crippen LogP contribution in [-0.4, -0.2) is 36.5 Å². The SMILES string of the molecule is Cc1c(C)n(-c2cc(-n3c4ccccc4c4ccccc43)cc(-n3c4ccccc4c4ccccc43)c2)c(=O)n1-c1ccc(-n2c(C)c(C)n(-c3cc(-n4c5ccccc5c5ccccc54)cc(-n4c5ccccc5c5ccccc54)c3)c2=O)cc1. The molecular weight excluding hydrogens is 1060 g/mol. The summed E-state index contributed by atoms with van der Waals surface area (Å²) in [5.74, 6) is 0. The zero-order chi connectivity index (χ0) is 57.6. The lowest BCUT2D eigenvalue weighted by Gasteiger charge is -2.16. The molecule has 11 aromatic carbocycles. The van der Waals surface area contributed by atoms with Gasteiger partial charge in [0.1, 0.15) is 0 Å². The lowest BCUT2D eigenvalue weighted by molar-refractivity contribution is 0.876. The first-order chi connectivity index (χ1) is 42.2. The molecule has 10 heteroatoms. The van der Waals surface area contributed by atoms with Gasteiger partial charge >= 0.3 is 11.4 Å². The highest BCUT2D eigenvalue weighted by Crippen LogP contribution is 2.40. The number of fused-ring (bicyclic) bond motifs is 12. The van der Waals surface area contributed by atoms with E-state index in [4.69, 9.17) is 0 Å². The van der Waals surface area contributed by atoms with Gasteiger partial charge in [-0.15, -0.1) is 0 Å². The van der Waals surface area contributed by atoms with Gasteiger partial charge in [-0.25, -0.2) is 9.59 Å². The molecule has 10 nitrogen and oxygen atoms in total. The lowest BCUT2D eigenvalue weighted by Crippen LogP contribution is -2.24. The fourth-order valence-corrected chi connectivity index (χ4v) is 14.1. The van der Waals surface area contributed by atoms with E-state index < -0.39 is 0 Å². The van der Waals surface area contributed by atoms with Crippen molar-refractivity contribution in [2.75, 3.05) is 0 Å². The maximum Gasteiger partial charge on any atom is 0.337 e. The molecule has 0 aliphatic rings. The fraction of sp³-hybridized carbons (Fsp3) is 0.0526. The molecule has 0 N–H and O–H groups in total. The molecule has 0 atom stereocenters. The van der Waals surface area contributed by atoms with Crippen LogP contribution in [0.1, 0.15) is 22.8 Å². The van der Waals surface area contributed by atoms with Crippen LogP contribution < -0.4 is 11.4 Å². The molecule has 0 amide bonds. The highest BCUT2D eigenvalue weighted by Gasteiger charge is 2.25. The third kappa shape index (κ3) is 7.01. The van der Waals surface area contributed by atoms with E-state index in [1.165, 1.54) is 0 Å². The number of para-hydroxylation sites is 8. The van der Waals surface area contributed by atoms with Crippen molar-refractivity contribution in [1.82, 2.24) is 36.5 Å². The first-order valence-electron chi connectivity index (χ1n) is 29.2. The van der Waals surface area contributed by atoms with Crippen LogP contribution in [0.2, 0.25) is 0 Å². The summed E-state index contributed by atoms with van der Waals surface area (Å²) < 4.78 is 16.5. The van der Waals surface area contributed by atoms with Crippen LogP contribution in [0.3, 0.4) is 0 Å². The third-order valence-corrected chi connectivity index (χ3v) is 18.2. The van der Waals surface area contributed by atoms with Crippen molar-refractivity contribution < 1.29 is 0 Å². The molecule has 0 saturated heterocycles. The molecule has 6 aromatic heterocycles. The summed E-state index contributed by atoms with van der Waals surface area (Å²) in [6, 6.07) is 89.1. The molecule has 17 rings (SSSR count). The number of hydrogen-bond acceptors (Lipinski definition) is 2. The van der Waals surface area contributed by atoms with E-state index in [0.29, 0.717) is 11.4 Å². The van der Waals surface area contributed by atoms with E-state index in [1.54, 1.807) is 9.13 Å². The Morgan fingerprint density at radius 2 is 0.337 bits per heavy atom. The van der Waals surface area contributed by atoms with Gasteiger partial charge < -0.3 is 18.3 Å². The lowest BCUT2D eigenvalue weighted by atomic mass is 10.2. The summed E-state index contributed by atoms with van der Waals surface area (Å²) >= 11 is 0. The molecule has 6 heterocycles. The maximum absolute atomic E-state index is 15.5. The summed E-state index contributed by atoms with van der Waals surface area (Å²) in [6.07, 6.45) is 0. The highest BCUT2D eigenvalue weighted by atomic mass is 16.2. The number of imidazole rings is 2. The summed E-state index contributed by atoms with van der Waals surface area (Å²) in [5.41, 5.74) is 18.1. The van der Waals surface area contributed by atoms with Gasteiger partial charge in [0, 0.05) is 65.9 Å². The second-order valence-electron chi connectivity index (χ2n) is 22.7. The second-order valence-corrected chi connectivity index (χ2v) is 22.7. The predicted octanol–water partition coefficient (Wildman–Crippen LogP) is 17.2. The zero-order valence-corrected chi connectivity index (χ0v) is 47.6. The van der Waals surface area contributed by atoms with Crippen LogP contribution in [0.5, 0.6) is 0 Å². The molecular formula is C76H54N8O2. The van der Waals surface area contributed by atoms with Crippen LogP contribution in [0.25, 0.3) is 133 Å². The van der Waals surface area contributed by atoms with Crippen LogP contribution in [0.15, 0.2) is 264 Å². The smallest absolute Gasteiger partial charge is 0.309 e. The van der Waals surface area contributed by atoms with E-state index in [-0.39, 0.29) is 11.4 Å². The Morgan fingerprint density at radius 1 is 0.186 bits per heavy atom. The number of aromatic nitrogens is 8. The Balaban J connectivity index is 0.815. The minimum absolute atomic E-state index is 0.196. The van der Waals surface area contributed by atoms with Crippen molar-refractivity contribution >= 4 is 87.2 Å². The van der Waals surface area contributed by atoms with Crippen molar-refractivity contribution in [3.8, 4) is 45.5 Å². The molecule has 17 aromatic rings. The topological polar surface area (TPSA) is 73.6 Å². The third-order valence-electron chi connectivity index (χ3n) is 18.2. The van der Waals surface area contributed by atoms with E-state index >= 15 is 9.59 Å². The standard InChI is InChI=1S/C76H54N8O2/c1-47-49(3)79(53-41-55(81-67-29-13-5-21-59(67)60-22-6-14-30-68(60)81)45-56(42-53)82-69-31-15-7-23-61(69)62-24-8-16-32-70(62)82)75(85)77(47)51-37-39-52(40-38-51)78-48(2)50(4)80(76(78)86)54-43-57(83-71-33-17-9-25-63(71)64-26-10-18-34-72(64)83)46-58(44-54)84-73-35-19-11-27-65(73)66-28-12-20-36-74(66)84/h5-46H,1-4H3. The van der Waals surface area contributed by atoms with Crippen LogP contribution in [0, 0.1) is 27.7 Å². The fourth-order valence-electron chi connectivity index (χ4n) is 14.1. The maximum atomic E-state index is 15.5. The monoisotopic (exact) mass is 1110 g/mol. The largest absolute Gasteiger partial charge is 0.337 e. The van der Waals surface area contributed by atoms with Crippen molar-refractivity contribution in [3.05, 3.63) is 299 Å². The van der Waals surface area contributed by atoms with Crippen LogP contribution >= 0.6 is 0 Å². The van der Waals surface area contributed by atoms with E-state index in [1.807, 2.05) is 61.1 Å². The van der Waals surface area contributed by atoms with Crippen LogP contribution in [-0.2, 0) is 0 Å². The average molecular weight is 1110 g/mol. The van der Waals surface area contributed by atoms with Crippen molar-refractivity contribution in [2.45, 2.75) is 27.7 Å². The zero-order valence-electron chi connectivity index (χ0n) is 47.6. The van der Waals surface area contributed by atoms with E-state index in [9.17, 15) is 0 Å². The molecule has 0 unspecified atom stereocenters. The van der Waals surface area contributed by atoms with Gasteiger partial charge in [0.2, 0.25) is 0 Å². The van der Waals surface area contributed by atoms with Gasteiger partial charge in [-0.2, -0.15) is 0 Å². The van der Waals surface area contributed by atoms with E-state index in [0.717, 1.165) is 144 Å². The highest BCUT2D eigenvalue weighted by molar-refractivity contribution is 6.12. The summed E-state index contributed by atoms with van der Waals surface area (Å²) in [4.78, 5) is 31.0. The minimum atomic E-state index is -0.196. The van der Waals surface area contributed by atoms with Crippen LogP contribution in [0.4, 0.5) is 0 Å². The molecule has 0 spiro atoms. The Morgan fingerprint density at radius 3 is 0.523 bits per heavy atom. The molecule has 0 aliphatic carbocycles. The van der Waals surface area contributed by atoms with Crippen molar-refractivity contribution in [3.63, 3.8) is 0 Å². The van der Waals surface area contributed by atoms with Gasteiger partial charge in [-0.05, 0) is 137 Å². The Hall–Kier alpha value is -11.4. The summed E-state index contributed by atoms with van der Waals surface area (Å²) in [5, 5.41) is 9.25. The molecule has 0 radical (unpaired) electrons. The van der Waals surface area contributed by atoms with Gasteiger partial charge in [0.15, 0.2) is 0 Å². The number of rotatable bonds is 8. The average Bonchev–Trinajstić information content (AvgIpc) is 1.85. The molecule has 0 saturated carbocycles. The number of hydrogen-bond donors (Lipinski definition) is 0. The van der Waals surface area contributed by atoms with Gasteiger partial charge in [0.25, 0.3) is 0 Å². The molecule has 410 valence electrons. The summed E-state index contributed by atoms with van der Waals surface area (Å²) in [6.45, 7) is 8.05. The number of nitrogens with zero attached hydrogens (tertiary/aromatic N) is 8. The van der Waals surface area contributed by atoms with Gasteiger partial charge in [-0.1, -0.05) is 146 Å². The minimum Gasteiger partial charge on any atom is -0.309 e. The first kappa shape index (κ1) is 49.3. The molecule has 0 bridgehead atoms. The Bertz CT molecular complexity index is 4990. The Labute approximate surface area is 492 Å². The predicted molar refractivity (Wildman–Crippen MR) is 353 cm³/mol. The molecule has 86 heavy (non-hydrogen) atoms. The van der Waals surface area contributed by atoms with Gasteiger partial charge in [-0.3, -0.25) is 18.3 Å². The van der Waals surface area contributed by atoms with Gasteiger partial charge in [0.05, 0.1) is 89.6 Å². The molecule has 0 aliphatic heterocycles. The molecule has 0 fully saturated rings. The van der Waals surface area contributed by atoms with E-state index in [2.05, 4.69) is 249 Å². The normalized spacial score (nSPS) is 12.0. The quantitative estimate of drug-likeness (QED) is 0.152. The first-order valence-corrected chi connectivity index (χ1v) is 29.2. The second kappa shape index (κ2) is 18.6. The summed E-state index contributed by atoms with van der Waals surface area (Å²) in [7, 11) is 0. The van der Waals surface area contributed by atoms with Crippen molar-refractivity contribution in [2.24, 2.45) is 0 Å².